The number of anilines is 1. The minimum absolute atomic E-state index is 0.0578. The van der Waals surface area contributed by atoms with Crippen LogP contribution in [0, 0.1) is 0 Å². The molecule has 0 aromatic heterocycles. The lowest BCUT2D eigenvalue weighted by Crippen LogP contribution is -2.14. The number of carbonyl (C=O) groups is 1. The number of sulfonamides is 1. The number of hydrogen-bond donors (Lipinski definition) is 1. The molecule has 112 valence electrons. The highest BCUT2D eigenvalue weighted by Gasteiger charge is 2.21. The largest absolute Gasteiger partial charge is 0.387 e. The van der Waals surface area contributed by atoms with E-state index in [1.807, 2.05) is 0 Å². The number of hydrogen-bond acceptors (Lipinski definition) is 5. The van der Waals surface area contributed by atoms with E-state index in [4.69, 9.17) is 4.84 Å². The summed E-state index contributed by atoms with van der Waals surface area (Å²) in [6.07, 6.45) is 0. The van der Waals surface area contributed by atoms with Crippen LogP contribution in [-0.2, 0) is 19.7 Å². The van der Waals surface area contributed by atoms with Crippen molar-refractivity contribution in [2.24, 2.45) is 5.16 Å². The van der Waals surface area contributed by atoms with Crippen LogP contribution in [0.15, 0.2) is 64.6 Å². The quantitative estimate of drug-likeness (QED) is 0.932. The van der Waals surface area contributed by atoms with Crippen molar-refractivity contribution >= 4 is 27.2 Å². The number of rotatable bonds is 4. The van der Waals surface area contributed by atoms with Crippen LogP contribution in [-0.4, -0.2) is 26.5 Å². The van der Waals surface area contributed by atoms with E-state index in [-0.39, 0.29) is 23.0 Å². The van der Waals surface area contributed by atoms with Crippen LogP contribution >= 0.6 is 0 Å². The molecule has 1 aliphatic heterocycles. The molecule has 0 bridgehead atoms. The SMILES string of the molecule is O=C1CON=C1c1ccc(NS(=O)(=O)c2ccccc2)cc1. The minimum atomic E-state index is -3.63. The maximum atomic E-state index is 12.2. The third-order valence-corrected chi connectivity index (χ3v) is 4.48. The van der Waals surface area contributed by atoms with Gasteiger partial charge in [-0.15, -0.1) is 0 Å². The van der Waals surface area contributed by atoms with Crippen LogP contribution in [0.3, 0.4) is 0 Å². The molecule has 7 heteroatoms. The summed E-state index contributed by atoms with van der Waals surface area (Å²) in [6.45, 7) is -0.0578. The van der Waals surface area contributed by atoms with Gasteiger partial charge in [-0.25, -0.2) is 8.42 Å². The zero-order valence-electron chi connectivity index (χ0n) is 11.4. The molecule has 0 amide bonds. The summed E-state index contributed by atoms with van der Waals surface area (Å²) in [7, 11) is -3.63. The highest BCUT2D eigenvalue weighted by molar-refractivity contribution is 7.92. The van der Waals surface area contributed by atoms with E-state index in [0.717, 1.165) is 0 Å². The van der Waals surface area contributed by atoms with Gasteiger partial charge in [0.15, 0.2) is 12.3 Å². The third kappa shape index (κ3) is 2.84. The fourth-order valence-electron chi connectivity index (χ4n) is 2.00. The summed E-state index contributed by atoms with van der Waals surface area (Å²) in [5, 5.41) is 3.67. The fourth-order valence-corrected chi connectivity index (χ4v) is 3.08. The van der Waals surface area contributed by atoms with Gasteiger partial charge in [-0.1, -0.05) is 35.5 Å². The van der Waals surface area contributed by atoms with Crippen molar-refractivity contribution in [2.45, 2.75) is 4.90 Å². The Hall–Kier alpha value is -2.67. The highest BCUT2D eigenvalue weighted by atomic mass is 32.2. The number of carbonyl (C=O) groups excluding carboxylic acids is 1. The van der Waals surface area contributed by atoms with Crippen molar-refractivity contribution in [2.75, 3.05) is 11.3 Å². The second-order valence-electron chi connectivity index (χ2n) is 4.63. The number of nitrogens with zero attached hydrogens (tertiary/aromatic N) is 1. The zero-order chi connectivity index (χ0) is 15.6. The Bertz CT molecular complexity index is 828. The van der Waals surface area contributed by atoms with Gasteiger partial charge in [-0.2, -0.15) is 0 Å². The number of Topliss-reactive ketones (excluding diaryl/α,β-unsaturated/α-hetero) is 1. The highest BCUT2D eigenvalue weighted by Crippen LogP contribution is 2.17. The Kier molecular flexibility index (Phi) is 3.64. The standard InChI is InChI=1S/C15H12N2O4S/c18-14-10-21-16-15(14)11-6-8-12(9-7-11)17-22(19,20)13-4-2-1-3-5-13/h1-9,17H,10H2. The average Bonchev–Trinajstić information content (AvgIpc) is 2.95. The van der Waals surface area contributed by atoms with E-state index < -0.39 is 10.0 Å². The number of benzene rings is 2. The Morgan fingerprint density at radius 2 is 1.68 bits per heavy atom. The lowest BCUT2D eigenvalue weighted by molar-refractivity contribution is -0.114. The van der Waals surface area contributed by atoms with Gasteiger partial charge in [0.2, 0.25) is 5.78 Å². The molecule has 0 atom stereocenters. The fraction of sp³-hybridized carbons (Fsp3) is 0.0667. The summed E-state index contributed by atoms with van der Waals surface area (Å²) in [4.78, 5) is 16.4. The predicted molar refractivity (Wildman–Crippen MR) is 81.2 cm³/mol. The molecule has 0 aliphatic carbocycles. The van der Waals surface area contributed by atoms with Crippen molar-refractivity contribution in [1.29, 1.82) is 0 Å². The van der Waals surface area contributed by atoms with E-state index in [1.165, 1.54) is 12.1 Å². The van der Waals surface area contributed by atoms with E-state index in [9.17, 15) is 13.2 Å². The molecule has 0 saturated carbocycles. The summed E-state index contributed by atoms with van der Waals surface area (Å²) in [5.74, 6) is -0.197. The summed E-state index contributed by atoms with van der Waals surface area (Å²) in [6, 6.07) is 14.5. The van der Waals surface area contributed by atoms with E-state index in [1.54, 1.807) is 42.5 Å². The lowest BCUT2D eigenvalue weighted by Gasteiger charge is -2.08. The monoisotopic (exact) mass is 316 g/mol. The minimum Gasteiger partial charge on any atom is -0.387 e. The smallest absolute Gasteiger partial charge is 0.261 e. The van der Waals surface area contributed by atoms with E-state index in [2.05, 4.69) is 9.88 Å². The van der Waals surface area contributed by atoms with E-state index >= 15 is 0 Å². The number of nitrogens with one attached hydrogen (secondary N) is 1. The second kappa shape index (κ2) is 5.61. The first kappa shape index (κ1) is 14.3. The molecule has 3 rings (SSSR count). The van der Waals surface area contributed by atoms with Crippen molar-refractivity contribution in [1.82, 2.24) is 0 Å². The molecular formula is C15H12N2O4S. The van der Waals surface area contributed by atoms with Crippen LogP contribution in [0.5, 0.6) is 0 Å². The van der Waals surface area contributed by atoms with Crippen LogP contribution < -0.4 is 4.72 Å². The van der Waals surface area contributed by atoms with Gasteiger partial charge in [-0.05, 0) is 24.3 Å². The Morgan fingerprint density at radius 1 is 1.00 bits per heavy atom. The van der Waals surface area contributed by atoms with Gasteiger partial charge in [0.1, 0.15) is 0 Å². The Morgan fingerprint density at radius 3 is 2.27 bits per heavy atom. The van der Waals surface area contributed by atoms with Crippen molar-refractivity contribution < 1.29 is 18.0 Å². The van der Waals surface area contributed by atoms with Crippen LogP contribution in [0.2, 0.25) is 0 Å². The second-order valence-corrected chi connectivity index (χ2v) is 6.31. The van der Waals surface area contributed by atoms with Gasteiger partial charge in [-0.3, -0.25) is 9.52 Å². The van der Waals surface area contributed by atoms with Crippen molar-refractivity contribution in [3.05, 3.63) is 60.2 Å². The predicted octanol–water partition coefficient (Wildman–Crippen LogP) is 1.79. The molecule has 0 unspecified atom stereocenters. The number of oxime groups is 1. The van der Waals surface area contributed by atoms with Gasteiger partial charge in [0.25, 0.3) is 10.0 Å². The lowest BCUT2D eigenvalue weighted by atomic mass is 10.1. The molecule has 0 radical (unpaired) electrons. The first-order valence-corrected chi connectivity index (χ1v) is 7.96. The topological polar surface area (TPSA) is 84.8 Å². The van der Waals surface area contributed by atoms with Gasteiger partial charge >= 0.3 is 0 Å². The average molecular weight is 316 g/mol. The number of ketones is 1. The maximum Gasteiger partial charge on any atom is 0.261 e. The van der Waals surface area contributed by atoms with E-state index in [0.29, 0.717) is 11.3 Å². The zero-order valence-corrected chi connectivity index (χ0v) is 12.2. The van der Waals surface area contributed by atoms with Gasteiger partial charge in [0.05, 0.1) is 4.90 Å². The Labute approximate surface area is 127 Å². The van der Waals surface area contributed by atoms with Gasteiger partial charge in [0, 0.05) is 11.3 Å². The first-order chi connectivity index (χ1) is 10.6. The van der Waals surface area contributed by atoms with Crippen molar-refractivity contribution in [3.8, 4) is 0 Å². The molecular weight excluding hydrogens is 304 g/mol. The van der Waals surface area contributed by atoms with Crippen LogP contribution in [0.1, 0.15) is 5.56 Å². The summed E-state index contributed by atoms with van der Waals surface area (Å²) < 4.78 is 26.9. The molecule has 2 aromatic carbocycles. The Balaban J connectivity index is 1.81. The van der Waals surface area contributed by atoms with Gasteiger partial charge < -0.3 is 4.84 Å². The third-order valence-electron chi connectivity index (χ3n) is 3.08. The maximum absolute atomic E-state index is 12.2. The molecule has 2 aromatic rings. The molecule has 1 aliphatic rings. The molecule has 6 nitrogen and oxygen atoms in total. The van der Waals surface area contributed by atoms with Crippen LogP contribution in [0.25, 0.3) is 0 Å². The molecule has 22 heavy (non-hydrogen) atoms. The van der Waals surface area contributed by atoms with Crippen molar-refractivity contribution in [3.63, 3.8) is 0 Å². The molecule has 0 spiro atoms. The summed E-state index contributed by atoms with van der Waals surface area (Å²) >= 11 is 0. The molecule has 1 N–H and O–H groups in total. The van der Waals surface area contributed by atoms with Crippen LogP contribution in [0.4, 0.5) is 5.69 Å². The summed E-state index contributed by atoms with van der Waals surface area (Å²) in [5.41, 5.74) is 1.24. The molecule has 1 heterocycles. The molecule has 0 saturated heterocycles. The normalized spacial score (nSPS) is 14.4. The molecule has 0 fully saturated rings. The first-order valence-electron chi connectivity index (χ1n) is 6.48.